The second-order valence-electron chi connectivity index (χ2n) is 7.51. The van der Waals surface area contributed by atoms with Crippen molar-refractivity contribution < 1.29 is 19.4 Å². The van der Waals surface area contributed by atoms with Crippen LogP contribution >= 0.6 is 0 Å². The summed E-state index contributed by atoms with van der Waals surface area (Å²) in [5.41, 5.74) is 1.65. The van der Waals surface area contributed by atoms with Gasteiger partial charge in [0.1, 0.15) is 0 Å². The van der Waals surface area contributed by atoms with E-state index in [2.05, 4.69) is 9.88 Å². The molecule has 3 heterocycles. The summed E-state index contributed by atoms with van der Waals surface area (Å²) in [5, 5.41) is 10.6. The molecule has 7 heteroatoms. The molecular formula is C24H25N3O4. The van der Waals surface area contributed by atoms with E-state index in [1.807, 2.05) is 36.4 Å². The summed E-state index contributed by atoms with van der Waals surface area (Å²) in [7, 11) is 0. The van der Waals surface area contributed by atoms with Crippen molar-refractivity contribution in [1.82, 2.24) is 14.8 Å². The van der Waals surface area contributed by atoms with E-state index >= 15 is 0 Å². The summed E-state index contributed by atoms with van der Waals surface area (Å²) in [6.07, 6.45) is 6.36. The highest BCUT2D eigenvalue weighted by Crippen LogP contribution is 2.37. The lowest BCUT2D eigenvalue weighted by atomic mass is 9.96. The van der Waals surface area contributed by atoms with Crippen LogP contribution in [0, 0.1) is 0 Å². The smallest absolute Gasteiger partial charge is 0.290 e. The van der Waals surface area contributed by atoms with Crippen molar-refractivity contribution >= 4 is 17.8 Å². The van der Waals surface area contributed by atoms with E-state index in [4.69, 9.17) is 4.74 Å². The number of nitrogens with zero attached hydrogens (tertiary/aromatic N) is 3. The third kappa shape index (κ3) is 4.73. The second kappa shape index (κ2) is 9.68. The van der Waals surface area contributed by atoms with Crippen molar-refractivity contribution in [3.63, 3.8) is 0 Å². The van der Waals surface area contributed by atoms with E-state index in [-0.39, 0.29) is 5.57 Å². The Balaban J connectivity index is 1.59. The number of hydrogen-bond donors (Lipinski definition) is 1. The Hall–Kier alpha value is -3.29. The number of aliphatic hydroxyl groups excluding tert-OH is 1. The molecule has 4 rings (SSSR count). The van der Waals surface area contributed by atoms with Gasteiger partial charge in [-0.2, -0.15) is 0 Å². The third-order valence-electron chi connectivity index (χ3n) is 5.56. The highest BCUT2D eigenvalue weighted by molar-refractivity contribution is 6.14. The molecule has 7 nitrogen and oxygen atoms in total. The van der Waals surface area contributed by atoms with Crippen molar-refractivity contribution in [2.75, 3.05) is 39.4 Å². The van der Waals surface area contributed by atoms with Gasteiger partial charge in [-0.25, -0.2) is 0 Å². The predicted molar refractivity (Wildman–Crippen MR) is 116 cm³/mol. The number of benzene rings is 1. The molecule has 1 unspecified atom stereocenters. The number of amides is 1. The van der Waals surface area contributed by atoms with E-state index in [1.54, 1.807) is 29.4 Å². The summed E-state index contributed by atoms with van der Waals surface area (Å²) in [4.78, 5) is 33.9. The number of morpholine rings is 1. The number of ether oxygens (including phenoxy) is 1. The molecule has 1 amide bonds. The quantitative estimate of drug-likeness (QED) is 0.694. The van der Waals surface area contributed by atoms with E-state index in [1.165, 1.54) is 6.08 Å². The van der Waals surface area contributed by atoms with Gasteiger partial charge in [0.15, 0.2) is 11.5 Å². The fraction of sp³-hybridized carbons (Fsp3) is 0.292. The first-order chi connectivity index (χ1) is 15.1. The van der Waals surface area contributed by atoms with Crippen LogP contribution in [0.4, 0.5) is 0 Å². The number of aromatic nitrogens is 1. The lowest BCUT2D eigenvalue weighted by Gasteiger charge is -2.31. The van der Waals surface area contributed by atoms with Crippen LogP contribution in [-0.2, 0) is 14.3 Å². The molecule has 1 aromatic heterocycles. The molecule has 1 aromatic carbocycles. The van der Waals surface area contributed by atoms with Crippen LogP contribution in [0.5, 0.6) is 0 Å². The van der Waals surface area contributed by atoms with E-state index < -0.39 is 23.5 Å². The average molecular weight is 419 g/mol. The Morgan fingerprint density at radius 1 is 1.13 bits per heavy atom. The summed E-state index contributed by atoms with van der Waals surface area (Å²) in [5.74, 6) is -1.41. The number of ketones is 1. The second-order valence-corrected chi connectivity index (χ2v) is 7.51. The Morgan fingerprint density at radius 3 is 2.61 bits per heavy atom. The minimum Gasteiger partial charge on any atom is -0.503 e. The van der Waals surface area contributed by atoms with Crippen molar-refractivity contribution in [2.45, 2.75) is 6.04 Å². The van der Waals surface area contributed by atoms with Crippen molar-refractivity contribution in [3.8, 4) is 0 Å². The predicted octanol–water partition coefficient (Wildman–Crippen LogP) is 2.39. The summed E-state index contributed by atoms with van der Waals surface area (Å²) >= 11 is 0. The molecule has 0 spiro atoms. The molecule has 2 aliphatic rings. The number of carbonyl (C=O) groups is 2. The number of aliphatic hydroxyl groups is 1. The maximum atomic E-state index is 13.1. The van der Waals surface area contributed by atoms with Crippen LogP contribution in [-0.4, -0.2) is 71.0 Å². The van der Waals surface area contributed by atoms with Crippen LogP contribution in [0.2, 0.25) is 0 Å². The number of rotatable bonds is 7. The molecule has 1 fully saturated rings. The Kier molecular flexibility index (Phi) is 6.54. The van der Waals surface area contributed by atoms with Crippen LogP contribution in [0.3, 0.4) is 0 Å². The Morgan fingerprint density at radius 2 is 1.90 bits per heavy atom. The van der Waals surface area contributed by atoms with Crippen LogP contribution in [0.15, 0.2) is 72.3 Å². The largest absolute Gasteiger partial charge is 0.503 e. The standard InChI is InChI=1S/C24H25N3O4/c28-20(9-8-18-5-2-1-3-6-18)21-22(19-7-4-10-25-17-19)27(24(30)23(21)29)12-11-26-13-15-31-16-14-26/h1-10,17,22,29H,11-16H2/b9-8+. The molecule has 160 valence electrons. The molecule has 0 aliphatic carbocycles. The maximum absolute atomic E-state index is 13.1. The van der Waals surface area contributed by atoms with Crippen molar-refractivity contribution in [3.05, 3.63) is 83.4 Å². The first-order valence-electron chi connectivity index (χ1n) is 10.4. The van der Waals surface area contributed by atoms with Gasteiger partial charge in [-0.15, -0.1) is 0 Å². The lowest BCUT2D eigenvalue weighted by molar-refractivity contribution is -0.129. The topological polar surface area (TPSA) is 83.0 Å². The molecular weight excluding hydrogens is 394 g/mol. The summed E-state index contributed by atoms with van der Waals surface area (Å²) in [6.45, 7) is 3.95. The van der Waals surface area contributed by atoms with Gasteiger partial charge >= 0.3 is 0 Å². The average Bonchev–Trinajstić information content (AvgIpc) is 3.08. The monoisotopic (exact) mass is 419 g/mol. The summed E-state index contributed by atoms with van der Waals surface area (Å²) in [6, 6.07) is 12.3. The first kappa shape index (κ1) is 21.0. The number of pyridine rings is 1. The molecule has 31 heavy (non-hydrogen) atoms. The SMILES string of the molecule is O=C(/C=C/c1ccccc1)C1=C(O)C(=O)N(CCN2CCOCC2)C1c1cccnc1. The van der Waals surface area contributed by atoms with Crippen molar-refractivity contribution in [1.29, 1.82) is 0 Å². The minimum atomic E-state index is -0.671. The summed E-state index contributed by atoms with van der Waals surface area (Å²) < 4.78 is 5.38. The molecule has 0 saturated carbocycles. The fourth-order valence-corrected chi connectivity index (χ4v) is 3.92. The van der Waals surface area contributed by atoms with Gasteiger partial charge < -0.3 is 14.7 Å². The van der Waals surface area contributed by atoms with E-state index in [0.717, 1.165) is 18.7 Å². The Bertz CT molecular complexity index is 982. The van der Waals surface area contributed by atoms with Gasteiger partial charge in [0.25, 0.3) is 5.91 Å². The molecule has 2 aromatic rings. The highest BCUT2D eigenvalue weighted by Gasteiger charge is 2.42. The fourth-order valence-electron chi connectivity index (χ4n) is 3.92. The van der Waals surface area contributed by atoms with Gasteiger partial charge in [-0.05, 0) is 23.3 Å². The molecule has 1 atom stereocenters. The number of allylic oxidation sites excluding steroid dienone is 1. The molecule has 2 aliphatic heterocycles. The van der Waals surface area contributed by atoms with Gasteiger partial charge in [-0.1, -0.05) is 42.5 Å². The minimum absolute atomic E-state index is 0.0900. The van der Waals surface area contributed by atoms with Gasteiger partial charge in [0.05, 0.1) is 24.8 Å². The normalized spacial score (nSPS) is 20.1. The van der Waals surface area contributed by atoms with Crippen molar-refractivity contribution in [2.24, 2.45) is 0 Å². The lowest BCUT2D eigenvalue weighted by Crippen LogP contribution is -2.43. The van der Waals surface area contributed by atoms with Crippen LogP contribution < -0.4 is 0 Å². The molecule has 1 saturated heterocycles. The van der Waals surface area contributed by atoms with Gasteiger partial charge in [0.2, 0.25) is 0 Å². The maximum Gasteiger partial charge on any atom is 0.290 e. The van der Waals surface area contributed by atoms with Crippen LogP contribution in [0.1, 0.15) is 17.2 Å². The highest BCUT2D eigenvalue weighted by atomic mass is 16.5. The number of hydrogen-bond acceptors (Lipinski definition) is 6. The zero-order chi connectivity index (χ0) is 21.6. The number of carbonyl (C=O) groups excluding carboxylic acids is 2. The zero-order valence-electron chi connectivity index (χ0n) is 17.2. The Labute approximate surface area is 181 Å². The van der Waals surface area contributed by atoms with Gasteiger partial charge in [-0.3, -0.25) is 19.5 Å². The molecule has 0 bridgehead atoms. The molecule has 0 radical (unpaired) electrons. The zero-order valence-corrected chi connectivity index (χ0v) is 17.2. The van der Waals surface area contributed by atoms with Crippen LogP contribution in [0.25, 0.3) is 6.08 Å². The first-order valence-corrected chi connectivity index (χ1v) is 10.4. The van der Waals surface area contributed by atoms with Gasteiger partial charge in [0, 0.05) is 38.6 Å². The molecule has 1 N–H and O–H groups in total. The van der Waals surface area contributed by atoms with E-state index in [9.17, 15) is 14.7 Å². The van der Waals surface area contributed by atoms with E-state index in [0.29, 0.717) is 31.9 Å². The third-order valence-corrected chi connectivity index (χ3v) is 5.56.